The van der Waals surface area contributed by atoms with Crippen molar-refractivity contribution in [2.24, 2.45) is 0 Å². The number of benzene rings is 2. The van der Waals surface area contributed by atoms with Gasteiger partial charge in [-0.15, -0.1) is 0 Å². The van der Waals surface area contributed by atoms with Crippen LogP contribution in [-0.2, 0) is 28.9 Å². The number of hydrogen-bond donors (Lipinski definition) is 0. The lowest BCUT2D eigenvalue weighted by molar-refractivity contribution is -0.121. The first kappa shape index (κ1) is 23.7. The third kappa shape index (κ3) is 2.86. The average molecular weight is 540 g/mol. The summed E-state index contributed by atoms with van der Waals surface area (Å²) in [6.45, 7) is 0. The van der Waals surface area contributed by atoms with Crippen molar-refractivity contribution >= 4 is 25.7 Å². The van der Waals surface area contributed by atoms with Gasteiger partial charge < -0.3 is 4.18 Å². The third-order valence-corrected chi connectivity index (χ3v) is 11.2. The van der Waals surface area contributed by atoms with Crippen molar-refractivity contribution < 1.29 is 39.0 Å². The highest BCUT2D eigenvalue weighted by molar-refractivity contribution is 7.93. The van der Waals surface area contributed by atoms with Gasteiger partial charge in [-0.1, -0.05) is 42.5 Å². The summed E-state index contributed by atoms with van der Waals surface area (Å²) in [5.74, 6) is -0.964. The van der Waals surface area contributed by atoms with Gasteiger partial charge in [0.2, 0.25) is 0 Å². The molecule has 2 fully saturated rings. The van der Waals surface area contributed by atoms with Crippen LogP contribution in [0.1, 0.15) is 48.9 Å². The van der Waals surface area contributed by atoms with E-state index in [2.05, 4.69) is 4.18 Å². The van der Waals surface area contributed by atoms with Crippen molar-refractivity contribution in [3.8, 4) is 0 Å². The molecule has 4 bridgehead atoms. The van der Waals surface area contributed by atoms with Crippen LogP contribution in [-0.4, -0.2) is 43.8 Å². The lowest BCUT2D eigenvalue weighted by Crippen LogP contribution is -2.55. The summed E-state index contributed by atoms with van der Waals surface area (Å²) < 4.78 is 94.1. The molecule has 7 nitrogen and oxygen atoms in total. The second-order valence-corrected chi connectivity index (χ2v) is 13.2. The predicted octanol–water partition coefficient (Wildman–Crippen LogP) is 3.96. The Labute approximate surface area is 205 Å². The summed E-state index contributed by atoms with van der Waals surface area (Å²) in [6, 6.07) is 12.1. The number of nitrogens with zero attached hydrogens (tertiary/aromatic N) is 1. The van der Waals surface area contributed by atoms with Crippen LogP contribution >= 0.6 is 0 Å². The van der Waals surface area contributed by atoms with Crippen LogP contribution in [0.3, 0.4) is 0 Å². The zero-order valence-corrected chi connectivity index (χ0v) is 20.2. The van der Waals surface area contributed by atoms with Crippen LogP contribution in [0.2, 0.25) is 0 Å². The molecule has 0 N–H and O–H groups in total. The molecule has 0 radical (unpaired) electrons. The maximum atomic E-state index is 14.2. The molecule has 5 atom stereocenters. The van der Waals surface area contributed by atoms with E-state index in [1.165, 1.54) is 24.3 Å². The molecule has 2 aromatic carbocycles. The van der Waals surface area contributed by atoms with Crippen LogP contribution in [0.15, 0.2) is 70.8 Å². The first-order chi connectivity index (χ1) is 16.9. The van der Waals surface area contributed by atoms with Gasteiger partial charge >= 0.3 is 15.6 Å². The normalized spacial score (nSPS) is 31.2. The van der Waals surface area contributed by atoms with Gasteiger partial charge in [-0.25, -0.2) is 8.42 Å². The number of rotatable bonds is 4. The molecule has 3 heterocycles. The summed E-state index contributed by atoms with van der Waals surface area (Å²) in [7, 11) is -10.3. The van der Waals surface area contributed by atoms with Gasteiger partial charge in [-0.3, -0.25) is 9.69 Å². The van der Waals surface area contributed by atoms with Gasteiger partial charge in [0.25, 0.3) is 0 Å². The maximum absolute atomic E-state index is 14.2. The first-order valence-corrected chi connectivity index (χ1v) is 14.2. The zero-order valence-electron chi connectivity index (χ0n) is 18.6. The van der Waals surface area contributed by atoms with E-state index in [0.29, 0.717) is 24.0 Å². The number of fused-ring (bicyclic) bond motifs is 3. The SMILES string of the molecule is O=C1C2c3ccccc3C3N2C2CCCC(OS(=O)(=O)C(F)(F)F)=C2CC13S(=O)(=O)c1ccccc1. The largest absolute Gasteiger partial charge is 0.534 e. The van der Waals surface area contributed by atoms with Crippen molar-refractivity contribution in [2.75, 3.05) is 0 Å². The molecule has 0 spiro atoms. The van der Waals surface area contributed by atoms with Crippen molar-refractivity contribution in [1.82, 2.24) is 4.90 Å². The van der Waals surface area contributed by atoms with Crippen LogP contribution in [0.5, 0.6) is 0 Å². The lowest BCUT2D eigenvalue weighted by atomic mass is 9.74. The maximum Gasteiger partial charge on any atom is 0.534 e. The van der Waals surface area contributed by atoms with E-state index < -0.39 is 66.3 Å². The smallest absolute Gasteiger partial charge is 0.381 e. The van der Waals surface area contributed by atoms with Crippen LogP contribution in [0.25, 0.3) is 0 Å². The Bertz CT molecular complexity index is 1530. The molecule has 3 aliphatic heterocycles. The molecule has 36 heavy (non-hydrogen) atoms. The quantitative estimate of drug-likeness (QED) is 0.429. The minimum atomic E-state index is -5.96. The van der Waals surface area contributed by atoms with Gasteiger partial charge in [-0.2, -0.15) is 21.6 Å². The van der Waals surface area contributed by atoms with Gasteiger partial charge in [0.15, 0.2) is 20.4 Å². The Balaban J connectivity index is 1.59. The van der Waals surface area contributed by atoms with Gasteiger partial charge in [0, 0.05) is 18.9 Å². The number of Topliss-reactive ketones (excluding diaryl/α,β-unsaturated/α-hetero) is 1. The summed E-state index contributed by atoms with van der Waals surface area (Å²) in [5, 5.41) is 0. The molecule has 4 aliphatic rings. The van der Waals surface area contributed by atoms with Crippen molar-refractivity contribution in [2.45, 2.75) is 59.0 Å². The number of ketones is 1. The topological polar surface area (TPSA) is 97.8 Å². The predicted molar refractivity (Wildman–Crippen MR) is 120 cm³/mol. The minimum Gasteiger partial charge on any atom is -0.381 e. The molecule has 6 rings (SSSR count). The van der Waals surface area contributed by atoms with Crippen LogP contribution < -0.4 is 0 Å². The van der Waals surface area contributed by atoms with Gasteiger partial charge in [0.05, 0.1) is 17.0 Å². The van der Waals surface area contributed by atoms with Gasteiger partial charge in [0.1, 0.15) is 5.76 Å². The highest BCUT2D eigenvalue weighted by atomic mass is 32.2. The number of allylic oxidation sites excluding steroid dienone is 1. The van der Waals surface area contributed by atoms with E-state index in [0.717, 1.165) is 0 Å². The monoisotopic (exact) mass is 539 g/mol. The Kier molecular flexibility index (Phi) is 4.88. The number of piperidine rings is 1. The molecule has 190 valence electrons. The van der Waals surface area contributed by atoms with E-state index in [1.807, 2.05) is 0 Å². The van der Waals surface area contributed by atoms with E-state index in [4.69, 9.17) is 0 Å². The lowest BCUT2D eigenvalue weighted by Gasteiger charge is -2.46. The Morgan fingerprint density at radius 3 is 2.25 bits per heavy atom. The molecule has 12 heteroatoms. The van der Waals surface area contributed by atoms with Crippen LogP contribution in [0, 0.1) is 0 Å². The fourth-order valence-electron chi connectivity index (χ4n) is 6.42. The summed E-state index contributed by atoms with van der Waals surface area (Å²) in [6.07, 6.45) is 0.231. The fraction of sp³-hybridized carbons (Fsp3) is 0.375. The van der Waals surface area contributed by atoms with E-state index in [-0.39, 0.29) is 16.9 Å². The first-order valence-electron chi connectivity index (χ1n) is 11.3. The number of hydrogen-bond acceptors (Lipinski definition) is 7. The fourth-order valence-corrected chi connectivity index (χ4v) is 9.17. The molecular formula is C24H20F3NO6S2. The molecule has 0 saturated carbocycles. The average Bonchev–Trinajstić information content (AvgIpc) is 3.27. The molecule has 0 aromatic heterocycles. The van der Waals surface area contributed by atoms with Gasteiger partial charge in [-0.05, 0) is 41.7 Å². The Morgan fingerprint density at radius 2 is 1.58 bits per heavy atom. The Hall–Kier alpha value is -2.70. The van der Waals surface area contributed by atoms with Crippen LogP contribution in [0.4, 0.5) is 13.2 Å². The number of carbonyl (C=O) groups excluding carboxylic acids is 1. The zero-order chi connectivity index (χ0) is 25.7. The van der Waals surface area contributed by atoms with Crippen molar-refractivity contribution in [3.63, 3.8) is 0 Å². The second-order valence-electron chi connectivity index (χ2n) is 9.47. The summed E-state index contributed by atoms with van der Waals surface area (Å²) >= 11 is 0. The third-order valence-electron chi connectivity index (χ3n) is 7.77. The molecule has 1 aliphatic carbocycles. The van der Waals surface area contributed by atoms with E-state index >= 15 is 0 Å². The standard InChI is InChI=1S/C24H20F3NO6S2/c25-24(26,27)36(32,33)34-19-12-6-11-18-17(19)13-23(35(30,31)14-7-2-1-3-8-14)21-16-10-5-4-9-15(16)20(22(23)29)28(18)21/h1-5,7-10,18,20-21H,6,11-13H2. The number of carbonyl (C=O) groups is 1. The highest BCUT2D eigenvalue weighted by Crippen LogP contribution is 2.67. The molecule has 2 aromatic rings. The summed E-state index contributed by atoms with van der Waals surface area (Å²) in [5.41, 5.74) is -4.14. The molecule has 2 saturated heterocycles. The van der Waals surface area contributed by atoms with Crippen molar-refractivity contribution in [3.05, 3.63) is 77.1 Å². The number of halogens is 3. The molecular weight excluding hydrogens is 519 g/mol. The molecule has 0 amide bonds. The Morgan fingerprint density at radius 1 is 0.944 bits per heavy atom. The minimum absolute atomic E-state index is 0.0800. The van der Waals surface area contributed by atoms with E-state index in [1.54, 1.807) is 35.2 Å². The number of alkyl halides is 3. The van der Waals surface area contributed by atoms with Crippen molar-refractivity contribution in [1.29, 1.82) is 0 Å². The molecule has 5 unspecified atom stereocenters. The summed E-state index contributed by atoms with van der Waals surface area (Å²) in [4.78, 5) is 15.7. The highest BCUT2D eigenvalue weighted by Gasteiger charge is 2.75. The van der Waals surface area contributed by atoms with E-state index in [9.17, 15) is 34.8 Å². The number of sulfone groups is 1. The second kappa shape index (κ2) is 7.42.